The molecule has 3 nitrogen and oxygen atoms in total. The van der Waals surface area contributed by atoms with Gasteiger partial charge in [-0.25, -0.2) is 4.58 Å². The Morgan fingerprint density at radius 3 is 2.30 bits per heavy atom. The van der Waals surface area contributed by atoms with Gasteiger partial charge in [-0.05, 0) is 11.5 Å². The van der Waals surface area contributed by atoms with Crippen molar-refractivity contribution in [2.24, 2.45) is 0 Å². The minimum atomic E-state index is 1.16. The molecule has 0 aromatic heterocycles. The first-order chi connectivity index (χ1) is 9.59. The van der Waals surface area contributed by atoms with Gasteiger partial charge in [0.15, 0.2) is 0 Å². The van der Waals surface area contributed by atoms with Crippen LogP contribution in [0.25, 0.3) is 10.8 Å². The maximum absolute atomic E-state index is 3.58. The zero-order valence-corrected chi connectivity index (χ0v) is 12.4. The number of fused-ring (bicyclic) bond motifs is 1. The van der Waals surface area contributed by atoms with Gasteiger partial charge < -0.3 is 10.2 Å². The Bertz CT molecular complexity index is 780. The van der Waals surface area contributed by atoms with Gasteiger partial charge >= 0.3 is 0 Å². The van der Waals surface area contributed by atoms with Crippen LogP contribution in [0.3, 0.4) is 0 Å². The highest BCUT2D eigenvalue weighted by atomic mass is 15.2. The lowest BCUT2D eigenvalue weighted by Crippen LogP contribution is -2.17. The molecule has 102 valence electrons. The van der Waals surface area contributed by atoms with Crippen molar-refractivity contribution in [3.63, 3.8) is 0 Å². The molecule has 0 atom stereocenters. The summed E-state index contributed by atoms with van der Waals surface area (Å²) >= 11 is 0. The summed E-state index contributed by atoms with van der Waals surface area (Å²) in [5.74, 6) is 0. The van der Waals surface area contributed by atoms with Crippen LogP contribution in [0.1, 0.15) is 0 Å². The van der Waals surface area contributed by atoms with Crippen molar-refractivity contribution in [1.82, 2.24) is 4.58 Å². The van der Waals surface area contributed by atoms with Gasteiger partial charge in [0.1, 0.15) is 25.5 Å². The van der Waals surface area contributed by atoms with Crippen LogP contribution in [0, 0.1) is 0 Å². The molecule has 0 aliphatic heterocycles. The Morgan fingerprint density at radius 2 is 1.65 bits per heavy atom. The molecule has 0 aliphatic carbocycles. The van der Waals surface area contributed by atoms with Crippen LogP contribution >= 0.6 is 0 Å². The average molecular weight is 266 g/mol. The topological polar surface area (TPSA) is 18.3 Å². The molecule has 0 heterocycles. The van der Waals surface area contributed by atoms with E-state index in [0.29, 0.717) is 0 Å². The van der Waals surface area contributed by atoms with E-state index in [1.165, 1.54) is 27.5 Å². The van der Waals surface area contributed by atoms with Gasteiger partial charge in [-0.2, -0.15) is 0 Å². The third-order valence-corrected chi connectivity index (χ3v) is 3.58. The molecule has 0 saturated carbocycles. The second-order valence-electron chi connectivity index (χ2n) is 5.51. The van der Waals surface area contributed by atoms with E-state index in [9.17, 15) is 0 Å². The van der Waals surface area contributed by atoms with E-state index in [1.54, 1.807) is 0 Å². The molecule has 0 bridgehead atoms. The first-order valence-corrected chi connectivity index (χ1v) is 6.81. The lowest BCUT2D eigenvalue weighted by Gasteiger charge is -2.07. The maximum atomic E-state index is 3.58. The second-order valence-corrected chi connectivity index (χ2v) is 5.51. The molecule has 0 aliphatic rings. The number of hydrogen-bond donors (Lipinski definition) is 1. The van der Waals surface area contributed by atoms with Crippen LogP contribution in [0.15, 0.2) is 42.5 Å². The van der Waals surface area contributed by atoms with Gasteiger partial charge in [0.25, 0.3) is 5.36 Å². The first-order valence-electron chi connectivity index (χ1n) is 6.81. The molecular formula is C17H20N3+. The minimum absolute atomic E-state index is 1.16. The van der Waals surface area contributed by atoms with Gasteiger partial charge in [-0.15, -0.1) is 0 Å². The number of rotatable bonds is 3. The fraction of sp³-hybridized carbons (Fsp3) is 0.235. The predicted octanol–water partition coefficient (Wildman–Crippen LogP) is 2.56. The molecule has 0 saturated heterocycles. The summed E-state index contributed by atoms with van der Waals surface area (Å²) in [4.78, 5) is 2.16. The zero-order valence-electron chi connectivity index (χ0n) is 12.4. The van der Waals surface area contributed by atoms with Crippen molar-refractivity contribution < 1.29 is 0 Å². The molecule has 0 fully saturated rings. The lowest BCUT2D eigenvalue weighted by atomic mass is 10.1. The summed E-state index contributed by atoms with van der Waals surface area (Å²) in [6.07, 6.45) is 0. The molecule has 20 heavy (non-hydrogen) atoms. The average Bonchev–Trinajstić information content (AvgIpc) is 3.14. The fourth-order valence-electron chi connectivity index (χ4n) is 2.63. The number of anilines is 3. The third-order valence-electron chi connectivity index (χ3n) is 3.58. The van der Waals surface area contributed by atoms with Crippen LogP contribution in [0.2, 0.25) is 0 Å². The van der Waals surface area contributed by atoms with Gasteiger partial charge in [0.2, 0.25) is 0 Å². The number of nitrogens with zero attached hydrogens (tertiary/aromatic N) is 2. The molecule has 3 aromatic rings. The van der Waals surface area contributed by atoms with Crippen molar-refractivity contribution >= 4 is 27.8 Å². The van der Waals surface area contributed by atoms with E-state index >= 15 is 0 Å². The number of benzene rings is 2. The Kier molecular flexibility index (Phi) is 2.97. The van der Waals surface area contributed by atoms with E-state index in [2.05, 4.69) is 85.4 Å². The smallest absolute Gasteiger partial charge is 0.251 e. The summed E-state index contributed by atoms with van der Waals surface area (Å²) in [5, 5.41) is 7.38. The standard InChI is InChI=1S/C17H19N3/c1-19(2)16-15(17(16)20(3)4)18-14-11-7-9-12-8-5-6-10-13(12)14/h5-11H,1-4H3/p+1. The molecule has 3 aromatic carbocycles. The van der Waals surface area contributed by atoms with Crippen LogP contribution < -0.4 is 20.1 Å². The molecule has 1 N–H and O–H groups in total. The van der Waals surface area contributed by atoms with E-state index in [1.807, 2.05) is 0 Å². The quantitative estimate of drug-likeness (QED) is 0.734. The van der Waals surface area contributed by atoms with Gasteiger partial charge in [0, 0.05) is 25.2 Å². The van der Waals surface area contributed by atoms with E-state index in [4.69, 9.17) is 0 Å². The lowest BCUT2D eigenvalue weighted by molar-refractivity contribution is 0.830. The highest BCUT2D eigenvalue weighted by Crippen LogP contribution is 2.32. The Labute approximate surface area is 119 Å². The van der Waals surface area contributed by atoms with Crippen molar-refractivity contribution in [3.8, 4) is 0 Å². The molecular weight excluding hydrogens is 246 g/mol. The van der Waals surface area contributed by atoms with Crippen LogP contribution in [0.4, 0.5) is 17.1 Å². The van der Waals surface area contributed by atoms with Crippen LogP contribution in [-0.2, 0) is 0 Å². The first kappa shape index (κ1) is 12.7. The summed E-state index contributed by atoms with van der Waals surface area (Å²) < 4.78 is 2.16. The highest BCUT2D eigenvalue weighted by molar-refractivity contribution is 5.98. The molecule has 0 unspecified atom stereocenters. The molecule has 3 heteroatoms. The van der Waals surface area contributed by atoms with Crippen molar-refractivity contribution in [3.05, 3.63) is 47.8 Å². The van der Waals surface area contributed by atoms with E-state index in [-0.39, 0.29) is 0 Å². The van der Waals surface area contributed by atoms with Crippen LogP contribution in [-0.4, -0.2) is 28.2 Å². The summed E-state index contributed by atoms with van der Waals surface area (Å²) in [5.41, 5.74) is 3.66. The maximum Gasteiger partial charge on any atom is 0.251 e. The largest absolute Gasteiger partial charge is 0.370 e. The third kappa shape index (κ3) is 2.05. The number of hydrogen-bond acceptors (Lipinski definition) is 2. The van der Waals surface area contributed by atoms with Crippen LogP contribution in [0.5, 0.6) is 0 Å². The van der Waals surface area contributed by atoms with Gasteiger partial charge in [-0.1, -0.05) is 36.4 Å². The summed E-state index contributed by atoms with van der Waals surface area (Å²) in [7, 11) is 8.32. The minimum Gasteiger partial charge on any atom is -0.370 e. The number of nitrogens with one attached hydrogen (secondary N) is 1. The van der Waals surface area contributed by atoms with Crippen molar-refractivity contribution in [1.29, 1.82) is 0 Å². The predicted molar refractivity (Wildman–Crippen MR) is 87.5 cm³/mol. The van der Waals surface area contributed by atoms with Gasteiger partial charge in [-0.3, -0.25) is 0 Å². The van der Waals surface area contributed by atoms with Gasteiger partial charge in [0.05, 0.1) is 0 Å². The fourth-order valence-corrected chi connectivity index (χ4v) is 2.63. The zero-order chi connectivity index (χ0) is 14.3. The molecule has 0 spiro atoms. The summed E-state index contributed by atoms with van der Waals surface area (Å²) in [6.45, 7) is 0. The SMILES string of the molecule is CN(C)c1c(Nc2cccc3ccccc23)c1=[N+](C)C. The summed E-state index contributed by atoms with van der Waals surface area (Å²) in [6, 6.07) is 14.8. The van der Waals surface area contributed by atoms with Crippen molar-refractivity contribution in [2.45, 2.75) is 0 Å². The monoisotopic (exact) mass is 266 g/mol. The van der Waals surface area contributed by atoms with E-state index < -0.39 is 0 Å². The highest BCUT2D eigenvalue weighted by Gasteiger charge is 2.29. The Balaban J connectivity index is 2.05. The Morgan fingerprint density at radius 1 is 0.950 bits per heavy atom. The normalized spacial score (nSPS) is 11.0. The second kappa shape index (κ2) is 4.67. The van der Waals surface area contributed by atoms with E-state index in [0.717, 1.165) is 5.69 Å². The molecule has 3 rings (SSSR count). The Hall–Kier alpha value is -2.29. The van der Waals surface area contributed by atoms with Crippen molar-refractivity contribution in [2.75, 3.05) is 38.4 Å². The molecule has 0 radical (unpaired) electrons. The molecule has 0 amide bonds.